The van der Waals surface area contributed by atoms with Crippen molar-refractivity contribution in [1.29, 1.82) is 0 Å². The molecule has 1 aliphatic carbocycles. The van der Waals surface area contributed by atoms with Gasteiger partial charge in [-0.1, -0.05) is 5.21 Å². The van der Waals surface area contributed by atoms with E-state index in [1.807, 2.05) is 6.20 Å². The Morgan fingerprint density at radius 1 is 1.64 bits per heavy atom. The zero-order chi connectivity index (χ0) is 7.68. The fourth-order valence-corrected chi connectivity index (χ4v) is 1.09. The maximum atomic E-state index is 8.59. The van der Waals surface area contributed by atoms with Gasteiger partial charge in [0.1, 0.15) is 0 Å². The van der Waals surface area contributed by atoms with Gasteiger partial charge in [-0.25, -0.2) is 4.68 Å². The predicted octanol–water partition coefficient (Wildman–Crippen LogP) is 0.148. The van der Waals surface area contributed by atoms with Crippen molar-refractivity contribution in [3.05, 3.63) is 11.9 Å². The van der Waals surface area contributed by atoms with E-state index in [2.05, 4.69) is 10.3 Å². The Labute approximate surface area is 64.8 Å². The van der Waals surface area contributed by atoms with Gasteiger partial charge in [-0.15, -0.1) is 5.10 Å². The lowest BCUT2D eigenvalue weighted by Gasteiger charge is -1.91. The summed E-state index contributed by atoms with van der Waals surface area (Å²) in [6.07, 6.45) is 4.42. The van der Waals surface area contributed by atoms with Crippen LogP contribution in [0.5, 0.6) is 0 Å². The molecule has 0 radical (unpaired) electrons. The van der Waals surface area contributed by atoms with Gasteiger partial charge in [0.05, 0.1) is 18.8 Å². The van der Waals surface area contributed by atoms with Crippen molar-refractivity contribution in [3.63, 3.8) is 0 Å². The molecule has 4 heteroatoms. The quantitative estimate of drug-likeness (QED) is 0.672. The molecule has 11 heavy (non-hydrogen) atoms. The third kappa shape index (κ3) is 1.40. The first kappa shape index (κ1) is 6.79. The monoisotopic (exact) mass is 153 g/mol. The summed E-state index contributed by atoms with van der Waals surface area (Å²) in [5.41, 5.74) is 1.08. The molecule has 1 heterocycles. The normalized spacial score (nSPS) is 17.2. The minimum Gasteiger partial charge on any atom is -0.394 e. The lowest BCUT2D eigenvalue weighted by atomic mass is 10.3. The first-order valence-electron chi connectivity index (χ1n) is 3.91. The number of rotatable bonds is 3. The van der Waals surface area contributed by atoms with E-state index in [0.717, 1.165) is 5.69 Å². The van der Waals surface area contributed by atoms with Crippen LogP contribution in [0.3, 0.4) is 0 Å². The molecular formula is C7H11N3O. The van der Waals surface area contributed by atoms with Crippen LogP contribution in [0, 0.1) is 0 Å². The van der Waals surface area contributed by atoms with Gasteiger partial charge in [-0.05, 0) is 12.8 Å². The van der Waals surface area contributed by atoms with Crippen LogP contribution in [0.4, 0.5) is 0 Å². The van der Waals surface area contributed by atoms with E-state index in [-0.39, 0.29) is 6.61 Å². The van der Waals surface area contributed by atoms with Gasteiger partial charge in [-0.2, -0.15) is 0 Å². The van der Waals surface area contributed by atoms with Crippen molar-refractivity contribution in [2.75, 3.05) is 6.61 Å². The van der Waals surface area contributed by atoms with Crippen LogP contribution in [0.2, 0.25) is 0 Å². The average molecular weight is 153 g/mol. The third-order valence-electron chi connectivity index (χ3n) is 1.88. The van der Waals surface area contributed by atoms with Crippen LogP contribution in [0.1, 0.15) is 24.5 Å². The number of aliphatic hydroxyl groups is 1. The van der Waals surface area contributed by atoms with Crippen LogP contribution in [-0.2, 0) is 6.54 Å². The smallest absolute Gasteiger partial charge is 0.0857 e. The van der Waals surface area contributed by atoms with Crippen molar-refractivity contribution >= 4 is 0 Å². The summed E-state index contributed by atoms with van der Waals surface area (Å²) >= 11 is 0. The maximum Gasteiger partial charge on any atom is 0.0857 e. The Morgan fingerprint density at radius 2 is 2.45 bits per heavy atom. The summed E-state index contributed by atoms with van der Waals surface area (Å²) < 4.78 is 1.69. The van der Waals surface area contributed by atoms with Crippen LogP contribution in [0.15, 0.2) is 6.20 Å². The van der Waals surface area contributed by atoms with Crippen molar-refractivity contribution in [1.82, 2.24) is 15.0 Å². The van der Waals surface area contributed by atoms with Crippen LogP contribution in [0.25, 0.3) is 0 Å². The van der Waals surface area contributed by atoms with Gasteiger partial charge < -0.3 is 5.11 Å². The largest absolute Gasteiger partial charge is 0.394 e. The number of hydrogen-bond donors (Lipinski definition) is 1. The molecule has 4 nitrogen and oxygen atoms in total. The van der Waals surface area contributed by atoms with Gasteiger partial charge in [0.2, 0.25) is 0 Å². The molecule has 0 aromatic carbocycles. The summed E-state index contributed by atoms with van der Waals surface area (Å²) in [5.74, 6) is 0.655. The first-order chi connectivity index (χ1) is 5.40. The fraction of sp³-hybridized carbons (Fsp3) is 0.714. The van der Waals surface area contributed by atoms with E-state index in [4.69, 9.17) is 5.11 Å². The molecule has 0 aliphatic heterocycles. The number of nitrogens with zero attached hydrogens (tertiary/aromatic N) is 3. The molecule has 1 aromatic heterocycles. The van der Waals surface area contributed by atoms with Gasteiger partial charge in [0.15, 0.2) is 0 Å². The van der Waals surface area contributed by atoms with Gasteiger partial charge in [-0.3, -0.25) is 0 Å². The molecule has 0 unspecified atom stereocenters. The highest BCUT2D eigenvalue weighted by atomic mass is 16.3. The van der Waals surface area contributed by atoms with E-state index >= 15 is 0 Å². The zero-order valence-electron chi connectivity index (χ0n) is 6.27. The summed E-state index contributed by atoms with van der Waals surface area (Å²) in [6, 6.07) is 0. The summed E-state index contributed by atoms with van der Waals surface area (Å²) in [6.45, 7) is 0.688. The molecule has 1 aliphatic rings. The highest BCUT2D eigenvalue weighted by Gasteiger charge is 2.26. The Kier molecular flexibility index (Phi) is 1.62. The SMILES string of the molecule is OCCn1cc(C2CC2)nn1. The molecule has 1 fully saturated rings. The first-order valence-corrected chi connectivity index (χ1v) is 3.91. The lowest BCUT2D eigenvalue weighted by Crippen LogP contribution is -2.02. The molecule has 0 spiro atoms. The van der Waals surface area contributed by atoms with E-state index in [9.17, 15) is 0 Å². The van der Waals surface area contributed by atoms with E-state index in [1.54, 1.807) is 4.68 Å². The van der Waals surface area contributed by atoms with Gasteiger partial charge in [0.25, 0.3) is 0 Å². The summed E-state index contributed by atoms with van der Waals surface area (Å²) in [5, 5.41) is 16.5. The Morgan fingerprint density at radius 3 is 3.09 bits per heavy atom. The molecule has 1 saturated carbocycles. The molecule has 1 N–H and O–H groups in total. The topological polar surface area (TPSA) is 50.9 Å². The highest BCUT2D eigenvalue weighted by Crippen LogP contribution is 2.38. The Balaban J connectivity index is 2.06. The second-order valence-corrected chi connectivity index (χ2v) is 2.90. The Hall–Kier alpha value is -0.900. The molecule has 0 amide bonds. The highest BCUT2D eigenvalue weighted by molar-refractivity contribution is 5.08. The lowest BCUT2D eigenvalue weighted by molar-refractivity contribution is 0.268. The van der Waals surface area contributed by atoms with Crippen LogP contribution < -0.4 is 0 Å². The van der Waals surface area contributed by atoms with Crippen molar-refractivity contribution in [2.24, 2.45) is 0 Å². The zero-order valence-corrected chi connectivity index (χ0v) is 6.27. The van der Waals surface area contributed by atoms with E-state index in [0.29, 0.717) is 12.5 Å². The van der Waals surface area contributed by atoms with Crippen LogP contribution >= 0.6 is 0 Å². The second-order valence-electron chi connectivity index (χ2n) is 2.90. The second kappa shape index (κ2) is 2.62. The molecule has 0 atom stereocenters. The fourth-order valence-electron chi connectivity index (χ4n) is 1.09. The number of aromatic nitrogens is 3. The van der Waals surface area contributed by atoms with Crippen LogP contribution in [-0.4, -0.2) is 26.7 Å². The standard InChI is InChI=1S/C7H11N3O/c11-4-3-10-5-7(8-9-10)6-1-2-6/h5-6,11H,1-4H2. The number of hydrogen-bond acceptors (Lipinski definition) is 3. The molecule has 2 rings (SSSR count). The average Bonchev–Trinajstić information content (AvgIpc) is 2.75. The van der Waals surface area contributed by atoms with Gasteiger partial charge in [0, 0.05) is 12.1 Å². The minimum absolute atomic E-state index is 0.132. The third-order valence-corrected chi connectivity index (χ3v) is 1.88. The molecule has 0 saturated heterocycles. The van der Waals surface area contributed by atoms with Gasteiger partial charge >= 0.3 is 0 Å². The Bertz CT molecular complexity index is 242. The van der Waals surface area contributed by atoms with Crippen molar-refractivity contribution < 1.29 is 5.11 Å². The maximum absolute atomic E-state index is 8.59. The van der Waals surface area contributed by atoms with Crippen molar-refractivity contribution in [2.45, 2.75) is 25.3 Å². The summed E-state index contributed by atoms with van der Waals surface area (Å²) in [7, 11) is 0. The van der Waals surface area contributed by atoms with Crippen molar-refractivity contribution in [3.8, 4) is 0 Å². The number of aliphatic hydroxyl groups excluding tert-OH is 1. The summed E-state index contributed by atoms with van der Waals surface area (Å²) in [4.78, 5) is 0. The predicted molar refractivity (Wildman–Crippen MR) is 39.1 cm³/mol. The molecule has 1 aromatic rings. The molecular weight excluding hydrogens is 142 g/mol. The molecule has 0 bridgehead atoms. The minimum atomic E-state index is 0.132. The van der Waals surface area contributed by atoms with E-state index in [1.165, 1.54) is 12.8 Å². The van der Waals surface area contributed by atoms with E-state index < -0.39 is 0 Å². The molecule has 60 valence electrons.